The molecule has 0 saturated carbocycles. The smallest absolute Gasteiger partial charge is 0.229 e. The fourth-order valence-electron chi connectivity index (χ4n) is 3.50. The minimum absolute atomic E-state index is 0.461. The summed E-state index contributed by atoms with van der Waals surface area (Å²) in [6, 6.07) is 12.8. The zero-order chi connectivity index (χ0) is 21.2. The van der Waals surface area contributed by atoms with Crippen LogP contribution in [0.3, 0.4) is 0 Å². The average molecular weight is 429 g/mol. The molecule has 0 aliphatic carbocycles. The first kappa shape index (κ1) is 20.9. The summed E-state index contributed by atoms with van der Waals surface area (Å²) in [5, 5.41) is 5.92. The monoisotopic (exact) mass is 428 g/mol. The van der Waals surface area contributed by atoms with Crippen molar-refractivity contribution in [2.24, 2.45) is 0 Å². The summed E-state index contributed by atoms with van der Waals surface area (Å²) in [4.78, 5) is 3.57. The largest absolute Gasteiger partial charge is 0.283 e. The van der Waals surface area contributed by atoms with Gasteiger partial charge in [0.25, 0.3) is 0 Å². The Labute approximate surface area is 175 Å². The van der Waals surface area contributed by atoms with Gasteiger partial charge >= 0.3 is 0 Å². The number of anilines is 1. The summed E-state index contributed by atoms with van der Waals surface area (Å²) in [6.45, 7) is 11.2. The number of rotatable bonds is 6. The highest BCUT2D eigenvalue weighted by atomic mass is 35.5. The quantitative estimate of drug-likeness (QED) is 0.559. The van der Waals surface area contributed by atoms with Crippen LogP contribution in [0.25, 0.3) is 15.7 Å². The lowest BCUT2D eigenvalue weighted by Crippen LogP contribution is -2.33. The normalized spacial score (nSPS) is 14.4. The second kappa shape index (κ2) is 7.90. The Morgan fingerprint density at radius 3 is 2.59 bits per heavy atom. The van der Waals surface area contributed by atoms with Crippen LogP contribution in [0, 0.1) is 6.57 Å². The Bertz CT molecular complexity index is 1220. The van der Waals surface area contributed by atoms with Crippen molar-refractivity contribution in [3.63, 3.8) is 0 Å². The molecule has 3 aromatic rings. The van der Waals surface area contributed by atoms with Crippen LogP contribution in [-0.2, 0) is 15.6 Å². The highest BCUT2D eigenvalue weighted by Gasteiger charge is 2.33. The molecule has 0 radical (unpaired) electrons. The molecule has 29 heavy (non-hydrogen) atoms. The number of allylic oxidation sites excluding steroid dienone is 2. The van der Waals surface area contributed by atoms with Gasteiger partial charge in [0.15, 0.2) is 5.70 Å². The molecule has 0 spiro atoms. The number of hydrogen-bond donors (Lipinski definition) is 1. The number of fused-ring (bicyclic) bond motifs is 1. The van der Waals surface area contributed by atoms with E-state index in [9.17, 15) is 8.42 Å². The van der Waals surface area contributed by atoms with Crippen molar-refractivity contribution >= 4 is 38.2 Å². The molecule has 1 aromatic heterocycles. The maximum atomic E-state index is 11.7. The number of nitrogens with zero attached hydrogens (tertiary/aromatic N) is 3. The molecule has 150 valence electrons. The van der Waals surface area contributed by atoms with Gasteiger partial charge in [-0.2, -0.15) is 5.10 Å². The van der Waals surface area contributed by atoms with Gasteiger partial charge < -0.3 is 0 Å². The molecule has 8 heteroatoms. The molecule has 0 saturated heterocycles. The predicted molar refractivity (Wildman–Crippen MR) is 117 cm³/mol. The first-order valence-electron chi connectivity index (χ1n) is 8.98. The first-order chi connectivity index (χ1) is 13.7. The summed E-state index contributed by atoms with van der Waals surface area (Å²) in [7, 11) is -3.43. The lowest BCUT2D eigenvalue weighted by molar-refractivity contribution is 0.401. The van der Waals surface area contributed by atoms with Crippen LogP contribution >= 0.6 is 11.6 Å². The van der Waals surface area contributed by atoms with Crippen LogP contribution < -0.4 is 4.72 Å². The third-order valence-electron chi connectivity index (χ3n) is 4.79. The van der Waals surface area contributed by atoms with Crippen molar-refractivity contribution in [1.82, 2.24) is 9.78 Å². The Morgan fingerprint density at radius 1 is 1.31 bits per heavy atom. The molecule has 1 N–H and O–H groups in total. The lowest BCUT2D eigenvalue weighted by Gasteiger charge is -2.32. The molecule has 1 heterocycles. The van der Waals surface area contributed by atoms with Crippen LogP contribution in [0.1, 0.15) is 25.8 Å². The minimum atomic E-state index is -3.43. The van der Waals surface area contributed by atoms with Gasteiger partial charge in [-0.3, -0.25) is 9.40 Å². The Morgan fingerprint density at radius 2 is 2.00 bits per heavy atom. The van der Waals surface area contributed by atoms with E-state index in [2.05, 4.69) is 14.7 Å². The fraction of sp³-hybridized carbons (Fsp3) is 0.238. The maximum absolute atomic E-state index is 11.7. The molecular formula is C21H21ClN4O2S. The second-order valence-corrected chi connectivity index (χ2v) is 9.04. The molecule has 0 aliphatic rings. The van der Waals surface area contributed by atoms with Crippen LogP contribution in [-0.4, -0.2) is 24.5 Å². The van der Waals surface area contributed by atoms with E-state index in [1.165, 1.54) is 0 Å². The average Bonchev–Trinajstić information content (AvgIpc) is 3.11. The number of benzene rings is 2. The molecule has 0 amide bonds. The van der Waals surface area contributed by atoms with Gasteiger partial charge in [0.05, 0.1) is 35.8 Å². The van der Waals surface area contributed by atoms with E-state index in [-0.39, 0.29) is 0 Å². The standard InChI is InChI=1S/C21H21ClN4O2S/c1-5-21(13-15(2)23-3,16-9-11-17(22)12-10-16)26-20-8-6-7-19(18(20)14-24-26)25-29(4,27)28/h6-14,25H,5H2,1-2,4H3/b15-13+. The zero-order valence-electron chi connectivity index (χ0n) is 16.3. The Kier molecular flexibility index (Phi) is 5.69. The molecule has 0 fully saturated rings. The molecule has 1 atom stereocenters. The SMILES string of the molecule is [C-]#[N+]/C(C)=C/C(CC)(c1ccc(Cl)cc1)n1ncc2c(NS(C)(=O)=O)cccc21. The van der Waals surface area contributed by atoms with Gasteiger partial charge in [-0.25, -0.2) is 13.3 Å². The van der Waals surface area contributed by atoms with Crippen molar-refractivity contribution in [3.8, 4) is 0 Å². The molecule has 0 bridgehead atoms. The van der Waals surface area contributed by atoms with E-state index in [1.54, 1.807) is 25.3 Å². The van der Waals surface area contributed by atoms with Crippen LogP contribution in [0.4, 0.5) is 5.69 Å². The van der Waals surface area contributed by atoms with E-state index in [0.717, 1.165) is 17.3 Å². The van der Waals surface area contributed by atoms with Gasteiger partial charge in [0.1, 0.15) is 0 Å². The Balaban J connectivity index is 2.32. The molecule has 6 nitrogen and oxygen atoms in total. The van der Waals surface area contributed by atoms with E-state index < -0.39 is 15.6 Å². The molecule has 1 unspecified atom stereocenters. The topological polar surface area (TPSA) is 68.3 Å². The molecular weight excluding hydrogens is 408 g/mol. The van der Waals surface area contributed by atoms with Crippen molar-refractivity contribution in [2.75, 3.05) is 11.0 Å². The maximum Gasteiger partial charge on any atom is 0.229 e. The highest BCUT2D eigenvalue weighted by molar-refractivity contribution is 7.92. The molecule has 0 aliphatic heterocycles. The summed E-state index contributed by atoms with van der Waals surface area (Å²) in [5.74, 6) is 0. The van der Waals surface area contributed by atoms with Gasteiger partial charge in [0.2, 0.25) is 10.0 Å². The van der Waals surface area contributed by atoms with Crippen LogP contribution in [0.5, 0.6) is 0 Å². The molecule has 3 rings (SSSR count). The van der Waals surface area contributed by atoms with E-state index >= 15 is 0 Å². The predicted octanol–water partition coefficient (Wildman–Crippen LogP) is 5.04. The summed E-state index contributed by atoms with van der Waals surface area (Å²) in [6.07, 6.45) is 5.28. The summed E-state index contributed by atoms with van der Waals surface area (Å²) in [5.41, 5.74) is 1.95. The van der Waals surface area contributed by atoms with E-state index in [1.807, 2.05) is 48.0 Å². The Hall–Kier alpha value is -2.82. The van der Waals surface area contributed by atoms with E-state index in [0.29, 0.717) is 28.2 Å². The first-order valence-corrected chi connectivity index (χ1v) is 11.2. The number of sulfonamides is 1. The van der Waals surface area contributed by atoms with Crippen molar-refractivity contribution in [1.29, 1.82) is 0 Å². The minimum Gasteiger partial charge on any atom is -0.283 e. The van der Waals surface area contributed by atoms with Crippen molar-refractivity contribution < 1.29 is 8.42 Å². The van der Waals surface area contributed by atoms with Gasteiger partial charge in [-0.1, -0.05) is 42.8 Å². The number of aromatic nitrogens is 2. The van der Waals surface area contributed by atoms with Crippen molar-refractivity contribution in [2.45, 2.75) is 25.8 Å². The summed E-state index contributed by atoms with van der Waals surface area (Å²) < 4.78 is 27.9. The summed E-state index contributed by atoms with van der Waals surface area (Å²) >= 11 is 6.09. The zero-order valence-corrected chi connectivity index (χ0v) is 17.9. The van der Waals surface area contributed by atoms with Crippen LogP contribution in [0.15, 0.2) is 60.4 Å². The number of hydrogen-bond acceptors (Lipinski definition) is 3. The third kappa shape index (κ3) is 4.14. The van der Waals surface area contributed by atoms with E-state index in [4.69, 9.17) is 18.2 Å². The van der Waals surface area contributed by atoms with Gasteiger partial charge in [-0.05, 0) is 43.2 Å². The van der Waals surface area contributed by atoms with Crippen LogP contribution in [0.2, 0.25) is 5.02 Å². The lowest BCUT2D eigenvalue weighted by atomic mass is 9.86. The highest BCUT2D eigenvalue weighted by Crippen LogP contribution is 2.37. The van der Waals surface area contributed by atoms with Gasteiger partial charge in [-0.15, -0.1) is 0 Å². The third-order valence-corrected chi connectivity index (χ3v) is 5.64. The second-order valence-electron chi connectivity index (χ2n) is 6.85. The molecule has 2 aromatic carbocycles. The van der Waals surface area contributed by atoms with Gasteiger partial charge in [0, 0.05) is 10.4 Å². The number of nitrogens with one attached hydrogen (secondary N) is 1. The number of halogens is 1. The van der Waals surface area contributed by atoms with Crippen molar-refractivity contribution in [3.05, 3.63) is 82.4 Å². The fourth-order valence-corrected chi connectivity index (χ4v) is 4.20.